The Morgan fingerprint density at radius 2 is 1.96 bits per heavy atom. The molecule has 0 spiro atoms. The van der Waals surface area contributed by atoms with Gasteiger partial charge in [0.05, 0.1) is 0 Å². The first-order valence-corrected chi connectivity index (χ1v) is 8.14. The molecule has 2 aliphatic rings. The maximum atomic E-state index is 13.1. The number of hydrogen-bond donors (Lipinski definition) is 2. The molecule has 3 rings (SSSR count). The van der Waals surface area contributed by atoms with Crippen molar-refractivity contribution in [3.63, 3.8) is 0 Å². The van der Waals surface area contributed by atoms with Crippen LogP contribution in [0.1, 0.15) is 31.2 Å². The minimum atomic E-state index is -1.42. The van der Waals surface area contributed by atoms with Gasteiger partial charge in [-0.2, -0.15) is 0 Å². The van der Waals surface area contributed by atoms with Gasteiger partial charge < -0.3 is 15.3 Å². The summed E-state index contributed by atoms with van der Waals surface area (Å²) < 4.78 is 26.3. The lowest BCUT2D eigenvalue weighted by atomic mass is 9.91. The normalized spacial score (nSPS) is 25.0. The van der Waals surface area contributed by atoms with Crippen molar-refractivity contribution in [1.29, 1.82) is 0 Å². The van der Waals surface area contributed by atoms with E-state index < -0.39 is 17.2 Å². The van der Waals surface area contributed by atoms with E-state index in [1.54, 1.807) is 4.90 Å². The van der Waals surface area contributed by atoms with Crippen molar-refractivity contribution in [2.45, 2.75) is 37.8 Å². The van der Waals surface area contributed by atoms with Gasteiger partial charge in [0.25, 0.3) is 5.91 Å². The number of likely N-dealkylation sites (tertiary alicyclic amines) is 1. The SMILES string of the molecule is O=C1N(CC2CC2)CCCC1(O)CNCc1cc(F)cc(F)c1. The second-order valence-corrected chi connectivity index (χ2v) is 6.71. The lowest BCUT2D eigenvalue weighted by Crippen LogP contribution is -2.58. The summed E-state index contributed by atoms with van der Waals surface area (Å²) in [6, 6.07) is 3.29. The largest absolute Gasteiger partial charge is 0.379 e. The molecule has 1 saturated carbocycles. The highest BCUT2D eigenvalue weighted by atomic mass is 19.1. The fourth-order valence-electron chi connectivity index (χ4n) is 3.14. The van der Waals surface area contributed by atoms with Gasteiger partial charge >= 0.3 is 0 Å². The number of nitrogens with one attached hydrogen (secondary N) is 1. The van der Waals surface area contributed by atoms with Crippen LogP contribution in [-0.4, -0.2) is 41.1 Å². The number of aliphatic hydroxyl groups is 1. The molecular formula is C17H22F2N2O2. The van der Waals surface area contributed by atoms with E-state index in [0.29, 0.717) is 24.4 Å². The van der Waals surface area contributed by atoms with E-state index in [1.807, 2.05) is 0 Å². The average Bonchev–Trinajstić information content (AvgIpc) is 3.27. The van der Waals surface area contributed by atoms with Gasteiger partial charge in [0.15, 0.2) is 5.60 Å². The number of hydrogen-bond acceptors (Lipinski definition) is 3. The fourth-order valence-corrected chi connectivity index (χ4v) is 3.14. The van der Waals surface area contributed by atoms with Crippen LogP contribution in [0.15, 0.2) is 18.2 Å². The van der Waals surface area contributed by atoms with Gasteiger partial charge in [0.2, 0.25) is 0 Å². The Labute approximate surface area is 134 Å². The predicted molar refractivity (Wildman–Crippen MR) is 81.6 cm³/mol. The lowest BCUT2D eigenvalue weighted by Gasteiger charge is -2.38. The van der Waals surface area contributed by atoms with Gasteiger partial charge in [-0.25, -0.2) is 8.78 Å². The van der Waals surface area contributed by atoms with Crippen LogP contribution in [0.5, 0.6) is 0 Å². The monoisotopic (exact) mass is 324 g/mol. The van der Waals surface area contributed by atoms with Gasteiger partial charge in [0, 0.05) is 32.2 Å². The molecule has 1 aromatic carbocycles. The molecule has 1 aliphatic heterocycles. The number of piperidine rings is 1. The molecule has 2 fully saturated rings. The Morgan fingerprint density at radius 3 is 2.61 bits per heavy atom. The molecule has 126 valence electrons. The van der Waals surface area contributed by atoms with E-state index in [0.717, 1.165) is 31.9 Å². The second-order valence-electron chi connectivity index (χ2n) is 6.71. The third kappa shape index (κ3) is 4.06. The van der Waals surface area contributed by atoms with Gasteiger partial charge in [-0.3, -0.25) is 4.79 Å². The molecule has 23 heavy (non-hydrogen) atoms. The zero-order chi connectivity index (χ0) is 16.4. The van der Waals surface area contributed by atoms with Gasteiger partial charge in [-0.05, 0) is 49.3 Å². The Bertz CT molecular complexity index is 572. The minimum absolute atomic E-state index is 0.0884. The number of rotatable bonds is 6. The zero-order valence-electron chi connectivity index (χ0n) is 13.0. The summed E-state index contributed by atoms with van der Waals surface area (Å²) in [5.41, 5.74) is -0.969. The van der Waals surface area contributed by atoms with E-state index in [9.17, 15) is 18.7 Å². The maximum absolute atomic E-state index is 13.1. The first kappa shape index (κ1) is 16.3. The Hall–Kier alpha value is -1.53. The highest BCUT2D eigenvalue weighted by Crippen LogP contribution is 2.32. The molecule has 2 N–H and O–H groups in total. The molecule has 1 amide bonds. The molecule has 0 aromatic heterocycles. The molecule has 0 bridgehead atoms. The van der Waals surface area contributed by atoms with Gasteiger partial charge in [-0.15, -0.1) is 0 Å². The van der Waals surface area contributed by atoms with Crippen LogP contribution >= 0.6 is 0 Å². The van der Waals surface area contributed by atoms with E-state index in [2.05, 4.69) is 5.32 Å². The Kier molecular flexibility index (Phi) is 4.64. The number of halogens is 2. The molecule has 1 aromatic rings. The first-order chi connectivity index (χ1) is 11.0. The van der Waals surface area contributed by atoms with E-state index >= 15 is 0 Å². The molecule has 1 saturated heterocycles. The molecule has 1 aliphatic carbocycles. The highest BCUT2D eigenvalue weighted by Gasteiger charge is 2.43. The van der Waals surface area contributed by atoms with Crippen molar-refractivity contribution >= 4 is 5.91 Å². The number of carbonyl (C=O) groups is 1. The summed E-state index contributed by atoms with van der Waals surface area (Å²) >= 11 is 0. The Balaban J connectivity index is 1.56. The van der Waals surface area contributed by atoms with Crippen LogP contribution < -0.4 is 5.32 Å². The van der Waals surface area contributed by atoms with Crippen LogP contribution in [0.2, 0.25) is 0 Å². The second kappa shape index (κ2) is 6.53. The summed E-state index contributed by atoms with van der Waals surface area (Å²) in [6.07, 6.45) is 3.50. The summed E-state index contributed by atoms with van der Waals surface area (Å²) in [4.78, 5) is 14.2. The first-order valence-electron chi connectivity index (χ1n) is 8.14. The molecule has 0 radical (unpaired) electrons. The molecular weight excluding hydrogens is 302 g/mol. The lowest BCUT2D eigenvalue weighted by molar-refractivity contribution is -0.156. The van der Waals surface area contributed by atoms with Gasteiger partial charge in [0.1, 0.15) is 11.6 Å². The standard InChI is InChI=1S/C17H22F2N2O2/c18-14-6-13(7-15(19)8-14)9-20-11-17(23)4-1-5-21(16(17)22)10-12-2-3-12/h6-8,12,20,23H,1-5,9-11H2. The van der Waals surface area contributed by atoms with E-state index in [4.69, 9.17) is 0 Å². The summed E-state index contributed by atoms with van der Waals surface area (Å²) in [7, 11) is 0. The summed E-state index contributed by atoms with van der Waals surface area (Å²) in [5, 5.41) is 13.6. The average molecular weight is 324 g/mol. The summed E-state index contributed by atoms with van der Waals surface area (Å²) in [5.74, 6) is -0.909. The number of nitrogens with zero attached hydrogens (tertiary/aromatic N) is 1. The van der Waals surface area contributed by atoms with Crippen LogP contribution in [-0.2, 0) is 11.3 Å². The summed E-state index contributed by atoms with van der Waals surface area (Å²) in [6.45, 7) is 1.72. The van der Waals surface area contributed by atoms with Crippen LogP contribution in [0.4, 0.5) is 8.78 Å². The highest BCUT2D eigenvalue weighted by molar-refractivity contribution is 5.86. The van der Waals surface area contributed by atoms with Crippen molar-refractivity contribution in [3.8, 4) is 0 Å². The quantitative estimate of drug-likeness (QED) is 0.839. The van der Waals surface area contributed by atoms with Crippen molar-refractivity contribution in [2.24, 2.45) is 5.92 Å². The van der Waals surface area contributed by atoms with Crippen LogP contribution in [0.25, 0.3) is 0 Å². The van der Waals surface area contributed by atoms with E-state index in [-0.39, 0.29) is 19.0 Å². The fraction of sp³-hybridized carbons (Fsp3) is 0.588. The number of amides is 1. The molecule has 4 nitrogen and oxygen atoms in total. The molecule has 6 heteroatoms. The third-order valence-electron chi connectivity index (χ3n) is 4.55. The zero-order valence-corrected chi connectivity index (χ0v) is 13.0. The maximum Gasteiger partial charge on any atom is 0.255 e. The smallest absolute Gasteiger partial charge is 0.255 e. The van der Waals surface area contributed by atoms with Gasteiger partial charge in [-0.1, -0.05) is 0 Å². The van der Waals surface area contributed by atoms with Crippen molar-refractivity contribution in [2.75, 3.05) is 19.6 Å². The number of benzene rings is 1. The molecule has 1 atom stereocenters. The molecule has 1 heterocycles. The topological polar surface area (TPSA) is 52.6 Å². The Morgan fingerprint density at radius 1 is 1.26 bits per heavy atom. The number of carbonyl (C=O) groups excluding carboxylic acids is 1. The van der Waals surface area contributed by atoms with Crippen LogP contribution in [0.3, 0.4) is 0 Å². The van der Waals surface area contributed by atoms with Crippen LogP contribution in [0, 0.1) is 17.6 Å². The van der Waals surface area contributed by atoms with Crippen molar-refractivity contribution in [1.82, 2.24) is 10.2 Å². The van der Waals surface area contributed by atoms with E-state index in [1.165, 1.54) is 12.1 Å². The minimum Gasteiger partial charge on any atom is -0.379 e. The van der Waals surface area contributed by atoms with Crippen molar-refractivity contribution in [3.05, 3.63) is 35.4 Å². The third-order valence-corrected chi connectivity index (χ3v) is 4.55. The molecule has 1 unspecified atom stereocenters. The predicted octanol–water partition coefficient (Wildman–Crippen LogP) is 1.82. The van der Waals surface area contributed by atoms with Crippen molar-refractivity contribution < 1.29 is 18.7 Å².